The molecule has 0 fully saturated rings. The van der Waals surface area contributed by atoms with Crippen molar-refractivity contribution in [3.63, 3.8) is 0 Å². The molecule has 0 aliphatic rings. The van der Waals surface area contributed by atoms with Crippen LogP contribution >= 0.6 is 11.3 Å². The first-order valence-corrected chi connectivity index (χ1v) is 6.81. The van der Waals surface area contributed by atoms with E-state index in [1.807, 2.05) is 13.8 Å². The summed E-state index contributed by atoms with van der Waals surface area (Å²) in [4.78, 5) is 25.2. The minimum absolute atomic E-state index is 0.155. The van der Waals surface area contributed by atoms with Gasteiger partial charge >= 0.3 is 0 Å². The summed E-state index contributed by atoms with van der Waals surface area (Å²) in [5.74, 6) is -0.862. The van der Waals surface area contributed by atoms with Crippen molar-refractivity contribution in [3.8, 4) is 0 Å². The second-order valence-corrected chi connectivity index (χ2v) is 5.59. The topological polar surface area (TPSA) is 101 Å². The van der Waals surface area contributed by atoms with Gasteiger partial charge in [-0.15, -0.1) is 11.3 Å². The second-order valence-electron chi connectivity index (χ2n) is 4.57. The zero-order valence-corrected chi connectivity index (χ0v) is 12.4. The van der Waals surface area contributed by atoms with E-state index in [1.54, 1.807) is 14.1 Å². The van der Waals surface area contributed by atoms with E-state index in [-0.39, 0.29) is 23.2 Å². The van der Waals surface area contributed by atoms with Gasteiger partial charge in [-0.05, 0) is 13.3 Å². The number of anilines is 2. The maximum atomic E-state index is 12.0. The van der Waals surface area contributed by atoms with Crippen molar-refractivity contribution >= 4 is 33.8 Å². The van der Waals surface area contributed by atoms with E-state index in [0.29, 0.717) is 9.88 Å². The number of hydrogen-bond acceptors (Lipinski definition) is 5. The summed E-state index contributed by atoms with van der Waals surface area (Å²) < 4.78 is 0. The Morgan fingerprint density at radius 3 is 2.42 bits per heavy atom. The van der Waals surface area contributed by atoms with E-state index in [1.165, 1.54) is 16.2 Å². The molecule has 0 saturated carbocycles. The molecule has 1 unspecified atom stereocenters. The van der Waals surface area contributed by atoms with Gasteiger partial charge in [0.15, 0.2) is 0 Å². The summed E-state index contributed by atoms with van der Waals surface area (Å²) >= 11 is 1.17. The van der Waals surface area contributed by atoms with Gasteiger partial charge in [-0.2, -0.15) is 0 Å². The third-order valence-electron chi connectivity index (χ3n) is 2.78. The summed E-state index contributed by atoms with van der Waals surface area (Å²) in [6.45, 7) is 4.00. The molecule has 5 N–H and O–H groups in total. The van der Waals surface area contributed by atoms with E-state index in [9.17, 15) is 9.59 Å². The molecule has 6 nitrogen and oxygen atoms in total. The van der Waals surface area contributed by atoms with Crippen LogP contribution in [0.4, 0.5) is 10.7 Å². The van der Waals surface area contributed by atoms with Crippen LogP contribution in [0.3, 0.4) is 0 Å². The lowest BCUT2D eigenvalue weighted by Crippen LogP contribution is -2.22. The van der Waals surface area contributed by atoms with Crippen LogP contribution in [0.15, 0.2) is 0 Å². The van der Waals surface area contributed by atoms with Gasteiger partial charge in [0.25, 0.3) is 11.8 Å². The molecule has 1 heterocycles. The minimum Gasteiger partial charge on any atom is -0.397 e. The molecule has 1 aromatic heterocycles. The second kappa shape index (κ2) is 5.92. The molecule has 0 bridgehead atoms. The van der Waals surface area contributed by atoms with Crippen molar-refractivity contribution in [3.05, 3.63) is 10.4 Å². The molecular weight excluding hydrogens is 264 g/mol. The van der Waals surface area contributed by atoms with Crippen LogP contribution < -0.4 is 16.8 Å². The van der Waals surface area contributed by atoms with Crippen LogP contribution in [0.2, 0.25) is 0 Å². The predicted molar refractivity (Wildman–Crippen MR) is 78.6 cm³/mol. The highest BCUT2D eigenvalue weighted by Crippen LogP contribution is 2.36. The Morgan fingerprint density at radius 1 is 1.42 bits per heavy atom. The third-order valence-corrected chi connectivity index (χ3v) is 3.91. The average Bonchev–Trinajstić information content (AvgIpc) is 2.64. The lowest BCUT2D eigenvalue weighted by molar-refractivity contribution is 0.0833. The van der Waals surface area contributed by atoms with Crippen LogP contribution in [-0.4, -0.2) is 36.9 Å². The molecular formula is C12H20N4O2S. The van der Waals surface area contributed by atoms with E-state index < -0.39 is 5.91 Å². The lowest BCUT2D eigenvalue weighted by Gasteiger charge is -2.11. The smallest absolute Gasteiger partial charge is 0.265 e. The average molecular weight is 284 g/mol. The number of nitrogens with two attached hydrogens (primary N) is 2. The number of nitrogens with one attached hydrogen (secondary N) is 1. The van der Waals surface area contributed by atoms with Crippen LogP contribution in [0.25, 0.3) is 0 Å². The molecule has 2 amide bonds. The number of thiophene rings is 1. The van der Waals surface area contributed by atoms with Gasteiger partial charge in [0, 0.05) is 20.1 Å². The molecule has 0 aliphatic heterocycles. The number of primary amides is 1. The first-order chi connectivity index (χ1) is 8.79. The highest BCUT2D eigenvalue weighted by atomic mass is 32.1. The summed E-state index contributed by atoms with van der Waals surface area (Å²) in [5, 5.41) is 3.72. The molecule has 1 atom stereocenters. The van der Waals surface area contributed by atoms with Gasteiger partial charge in [0.2, 0.25) is 0 Å². The number of amides is 2. The van der Waals surface area contributed by atoms with Crippen molar-refractivity contribution in [2.24, 2.45) is 5.73 Å². The molecule has 1 rings (SSSR count). The molecule has 106 valence electrons. The lowest BCUT2D eigenvalue weighted by atomic mass is 10.2. The van der Waals surface area contributed by atoms with E-state index >= 15 is 0 Å². The van der Waals surface area contributed by atoms with Gasteiger partial charge < -0.3 is 21.7 Å². The highest BCUT2D eigenvalue weighted by molar-refractivity contribution is 7.19. The van der Waals surface area contributed by atoms with Gasteiger partial charge in [0.1, 0.15) is 9.88 Å². The third kappa shape index (κ3) is 3.17. The Hall–Kier alpha value is -1.76. The zero-order chi connectivity index (χ0) is 14.7. The standard InChI is InChI=1S/C12H20N4O2S/c1-5-6(2)15-11-7(10(14)17)8(13)9(19-11)12(18)16(3)4/h6,15H,5,13H2,1-4H3,(H2,14,17). The van der Waals surface area contributed by atoms with Crippen molar-refractivity contribution in [2.45, 2.75) is 26.3 Å². The van der Waals surface area contributed by atoms with Gasteiger partial charge in [-0.25, -0.2) is 0 Å². The molecule has 0 radical (unpaired) electrons. The Bertz CT molecular complexity index is 496. The molecule has 7 heteroatoms. The molecule has 1 aromatic rings. The Balaban J connectivity index is 3.27. The fourth-order valence-electron chi connectivity index (χ4n) is 1.48. The fraction of sp³-hybridized carbons (Fsp3) is 0.500. The molecule has 0 aromatic carbocycles. The fourth-order valence-corrected chi connectivity index (χ4v) is 2.74. The van der Waals surface area contributed by atoms with E-state index in [2.05, 4.69) is 5.32 Å². The van der Waals surface area contributed by atoms with Gasteiger partial charge in [-0.3, -0.25) is 9.59 Å². The largest absolute Gasteiger partial charge is 0.397 e. The van der Waals surface area contributed by atoms with E-state index in [0.717, 1.165) is 6.42 Å². The van der Waals surface area contributed by atoms with Crippen LogP contribution in [-0.2, 0) is 0 Å². The van der Waals surface area contributed by atoms with Crippen molar-refractivity contribution in [1.82, 2.24) is 4.90 Å². The van der Waals surface area contributed by atoms with Crippen molar-refractivity contribution in [1.29, 1.82) is 0 Å². The molecule has 19 heavy (non-hydrogen) atoms. The Labute approximate surface area is 116 Å². The number of hydrogen-bond donors (Lipinski definition) is 3. The number of carbonyl (C=O) groups excluding carboxylic acids is 2. The summed E-state index contributed by atoms with van der Waals surface area (Å²) in [7, 11) is 3.26. The number of nitrogen functional groups attached to an aromatic ring is 1. The zero-order valence-electron chi connectivity index (χ0n) is 11.6. The number of nitrogens with zero attached hydrogens (tertiary/aromatic N) is 1. The van der Waals surface area contributed by atoms with Crippen LogP contribution in [0.5, 0.6) is 0 Å². The summed E-state index contributed by atoms with van der Waals surface area (Å²) in [5.41, 5.74) is 11.6. The predicted octanol–water partition coefficient (Wildman–Crippen LogP) is 1.34. The quantitative estimate of drug-likeness (QED) is 0.759. The number of rotatable bonds is 5. The summed E-state index contributed by atoms with van der Waals surface area (Å²) in [6, 6.07) is 0.165. The first kappa shape index (κ1) is 15.3. The molecule has 0 saturated heterocycles. The first-order valence-electron chi connectivity index (χ1n) is 5.99. The van der Waals surface area contributed by atoms with Gasteiger partial charge in [-0.1, -0.05) is 6.92 Å². The van der Waals surface area contributed by atoms with Crippen molar-refractivity contribution < 1.29 is 9.59 Å². The van der Waals surface area contributed by atoms with Gasteiger partial charge in [0.05, 0.1) is 11.3 Å². The summed E-state index contributed by atoms with van der Waals surface area (Å²) in [6.07, 6.45) is 0.882. The maximum Gasteiger partial charge on any atom is 0.265 e. The SMILES string of the molecule is CCC(C)Nc1sc(C(=O)N(C)C)c(N)c1C(N)=O. The maximum absolute atomic E-state index is 12.0. The van der Waals surface area contributed by atoms with Crippen LogP contribution in [0, 0.1) is 0 Å². The Morgan fingerprint density at radius 2 is 2.00 bits per heavy atom. The Kier molecular flexibility index (Phi) is 4.77. The van der Waals surface area contributed by atoms with Crippen LogP contribution in [0.1, 0.15) is 40.3 Å². The minimum atomic E-state index is -0.627. The number of carbonyl (C=O) groups is 2. The highest BCUT2D eigenvalue weighted by Gasteiger charge is 2.25. The van der Waals surface area contributed by atoms with Crippen molar-refractivity contribution in [2.75, 3.05) is 25.1 Å². The molecule has 0 spiro atoms. The molecule has 0 aliphatic carbocycles. The normalized spacial score (nSPS) is 12.0. The van der Waals surface area contributed by atoms with E-state index in [4.69, 9.17) is 11.5 Å². The monoisotopic (exact) mass is 284 g/mol.